The fraction of sp³-hybridized carbons (Fsp3) is 0.214. The van der Waals surface area contributed by atoms with Crippen LogP contribution in [-0.4, -0.2) is 4.98 Å². The van der Waals surface area contributed by atoms with Crippen LogP contribution in [0.15, 0.2) is 42.6 Å². The van der Waals surface area contributed by atoms with E-state index in [2.05, 4.69) is 27.6 Å². The molecule has 0 unspecified atom stereocenters. The first-order valence-electron chi connectivity index (χ1n) is 5.84. The lowest BCUT2D eigenvalue weighted by Crippen LogP contribution is -2.10. The number of nitrogens with zero attached hydrogens (tertiary/aromatic N) is 1. The van der Waals surface area contributed by atoms with Crippen LogP contribution in [0.2, 0.25) is 0 Å². The third kappa shape index (κ3) is 3.43. The van der Waals surface area contributed by atoms with Crippen LogP contribution in [0.1, 0.15) is 25.1 Å². The Morgan fingerprint density at radius 3 is 2.72 bits per heavy atom. The zero-order valence-electron chi connectivity index (χ0n) is 10.1. The predicted molar refractivity (Wildman–Crippen MR) is 80.7 cm³/mol. The average Bonchev–Trinajstić information content (AvgIpc) is 2.39. The Balaban J connectivity index is 2.11. The van der Waals surface area contributed by atoms with Gasteiger partial charge in [0.15, 0.2) is 0 Å². The molecular weight excluding hydrogens is 339 g/mol. The Hall–Kier alpha value is -1.14. The van der Waals surface area contributed by atoms with E-state index in [1.54, 1.807) is 6.20 Å². The van der Waals surface area contributed by atoms with Gasteiger partial charge in [0.2, 0.25) is 0 Å². The van der Waals surface area contributed by atoms with Crippen molar-refractivity contribution in [3.63, 3.8) is 0 Å². The number of ether oxygens (including phenoxy) is 1. The molecule has 94 valence electrons. The molecule has 0 aliphatic carbocycles. The fourth-order valence-electron chi connectivity index (χ4n) is 1.55. The molecule has 0 bridgehead atoms. The standard InChI is InChI=1S/C14H15IN2O/c1-2-13(16)14-7-6-12(9-17-14)18-11-5-3-4-10(15)8-11/h3-9,13H,2,16H2,1H3/t13-/m0/s1. The van der Waals surface area contributed by atoms with E-state index >= 15 is 0 Å². The molecule has 2 rings (SSSR count). The minimum atomic E-state index is -0.00303. The second-order valence-corrected chi connectivity index (χ2v) is 5.24. The van der Waals surface area contributed by atoms with E-state index < -0.39 is 0 Å². The first-order chi connectivity index (χ1) is 8.69. The summed E-state index contributed by atoms with van der Waals surface area (Å²) in [6.07, 6.45) is 2.59. The van der Waals surface area contributed by atoms with Crippen molar-refractivity contribution >= 4 is 22.6 Å². The molecular formula is C14H15IN2O. The van der Waals surface area contributed by atoms with Gasteiger partial charge < -0.3 is 10.5 Å². The highest BCUT2D eigenvalue weighted by atomic mass is 127. The van der Waals surface area contributed by atoms with E-state index in [-0.39, 0.29) is 6.04 Å². The summed E-state index contributed by atoms with van der Waals surface area (Å²) in [5.74, 6) is 1.54. The predicted octanol–water partition coefficient (Wildman–Crippen LogP) is 3.89. The molecule has 1 aromatic carbocycles. The highest BCUT2D eigenvalue weighted by Gasteiger charge is 2.05. The van der Waals surface area contributed by atoms with Crippen LogP contribution in [0, 0.1) is 3.57 Å². The van der Waals surface area contributed by atoms with E-state index in [1.165, 1.54) is 0 Å². The van der Waals surface area contributed by atoms with Gasteiger partial charge in [-0.05, 0) is 59.3 Å². The van der Waals surface area contributed by atoms with Gasteiger partial charge in [-0.25, -0.2) is 0 Å². The molecule has 1 atom stereocenters. The van der Waals surface area contributed by atoms with E-state index in [9.17, 15) is 0 Å². The van der Waals surface area contributed by atoms with Gasteiger partial charge in [-0.1, -0.05) is 13.0 Å². The lowest BCUT2D eigenvalue weighted by molar-refractivity contribution is 0.478. The fourth-order valence-corrected chi connectivity index (χ4v) is 2.06. The Morgan fingerprint density at radius 1 is 1.28 bits per heavy atom. The Morgan fingerprint density at radius 2 is 2.11 bits per heavy atom. The largest absolute Gasteiger partial charge is 0.456 e. The third-order valence-corrected chi connectivity index (χ3v) is 3.28. The Bertz CT molecular complexity index is 513. The molecule has 0 fully saturated rings. The molecule has 4 heteroatoms. The molecule has 1 heterocycles. The summed E-state index contributed by atoms with van der Waals surface area (Å²) < 4.78 is 6.86. The van der Waals surface area contributed by atoms with Crippen molar-refractivity contribution in [2.75, 3.05) is 0 Å². The number of aromatic nitrogens is 1. The number of nitrogens with two attached hydrogens (primary N) is 1. The van der Waals surface area contributed by atoms with Crippen molar-refractivity contribution in [2.45, 2.75) is 19.4 Å². The molecule has 0 radical (unpaired) electrons. The Labute approximate surface area is 121 Å². The van der Waals surface area contributed by atoms with Crippen LogP contribution < -0.4 is 10.5 Å². The first-order valence-corrected chi connectivity index (χ1v) is 6.92. The van der Waals surface area contributed by atoms with Gasteiger partial charge in [-0.2, -0.15) is 0 Å². The zero-order chi connectivity index (χ0) is 13.0. The van der Waals surface area contributed by atoms with Gasteiger partial charge in [-0.3, -0.25) is 4.98 Å². The summed E-state index contributed by atoms with van der Waals surface area (Å²) in [7, 11) is 0. The van der Waals surface area contributed by atoms with Gasteiger partial charge in [0.25, 0.3) is 0 Å². The lowest BCUT2D eigenvalue weighted by atomic mass is 10.1. The van der Waals surface area contributed by atoms with Gasteiger partial charge in [0.1, 0.15) is 11.5 Å². The summed E-state index contributed by atoms with van der Waals surface area (Å²) in [6.45, 7) is 2.04. The maximum absolute atomic E-state index is 5.91. The topological polar surface area (TPSA) is 48.1 Å². The van der Waals surface area contributed by atoms with Crippen molar-refractivity contribution in [1.29, 1.82) is 0 Å². The van der Waals surface area contributed by atoms with E-state index in [0.29, 0.717) is 0 Å². The van der Waals surface area contributed by atoms with Crippen molar-refractivity contribution in [3.05, 3.63) is 51.9 Å². The van der Waals surface area contributed by atoms with E-state index in [4.69, 9.17) is 10.5 Å². The molecule has 0 amide bonds. The molecule has 2 aromatic rings. The smallest absolute Gasteiger partial charge is 0.145 e. The number of hydrogen-bond acceptors (Lipinski definition) is 3. The summed E-state index contributed by atoms with van der Waals surface area (Å²) in [5.41, 5.74) is 6.81. The summed E-state index contributed by atoms with van der Waals surface area (Å²) in [5, 5.41) is 0. The van der Waals surface area contributed by atoms with E-state index in [0.717, 1.165) is 27.2 Å². The van der Waals surface area contributed by atoms with Crippen molar-refractivity contribution in [3.8, 4) is 11.5 Å². The van der Waals surface area contributed by atoms with Crippen molar-refractivity contribution in [1.82, 2.24) is 4.98 Å². The molecule has 1 aromatic heterocycles. The minimum absolute atomic E-state index is 0.00303. The van der Waals surface area contributed by atoms with Crippen LogP contribution >= 0.6 is 22.6 Å². The van der Waals surface area contributed by atoms with Crippen LogP contribution in [0.3, 0.4) is 0 Å². The second-order valence-electron chi connectivity index (χ2n) is 3.99. The molecule has 2 N–H and O–H groups in total. The highest BCUT2D eigenvalue weighted by Crippen LogP contribution is 2.23. The number of rotatable bonds is 4. The maximum atomic E-state index is 5.91. The minimum Gasteiger partial charge on any atom is -0.456 e. The van der Waals surface area contributed by atoms with Crippen LogP contribution in [0.5, 0.6) is 11.5 Å². The molecule has 18 heavy (non-hydrogen) atoms. The lowest BCUT2D eigenvalue weighted by Gasteiger charge is -2.09. The first kappa shape index (κ1) is 13.3. The molecule has 0 saturated heterocycles. The number of halogens is 1. The van der Waals surface area contributed by atoms with Gasteiger partial charge in [0, 0.05) is 9.61 Å². The SMILES string of the molecule is CC[C@H](N)c1ccc(Oc2cccc(I)c2)cn1. The highest BCUT2D eigenvalue weighted by molar-refractivity contribution is 14.1. The van der Waals surface area contributed by atoms with Crippen molar-refractivity contribution < 1.29 is 4.74 Å². The number of hydrogen-bond donors (Lipinski definition) is 1. The zero-order valence-corrected chi connectivity index (χ0v) is 12.3. The average molecular weight is 354 g/mol. The quantitative estimate of drug-likeness (QED) is 0.848. The number of benzene rings is 1. The molecule has 0 spiro atoms. The van der Waals surface area contributed by atoms with Gasteiger partial charge in [-0.15, -0.1) is 0 Å². The molecule has 3 nitrogen and oxygen atoms in total. The van der Waals surface area contributed by atoms with Crippen molar-refractivity contribution in [2.24, 2.45) is 5.73 Å². The van der Waals surface area contributed by atoms with Gasteiger partial charge in [0.05, 0.1) is 11.9 Å². The summed E-state index contributed by atoms with van der Waals surface area (Å²) >= 11 is 2.25. The normalized spacial score (nSPS) is 12.2. The Kier molecular flexibility index (Phi) is 4.54. The number of pyridine rings is 1. The van der Waals surface area contributed by atoms with Gasteiger partial charge >= 0.3 is 0 Å². The molecule has 0 saturated carbocycles. The molecule has 0 aliphatic rings. The summed E-state index contributed by atoms with van der Waals surface area (Å²) in [6, 6.07) is 11.7. The summed E-state index contributed by atoms with van der Waals surface area (Å²) in [4.78, 5) is 4.32. The monoisotopic (exact) mass is 354 g/mol. The third-order valence-electron chi connectivity index (χ3n) is 2.61. The van der Waals surface area contributed by atoms with Crippen LogP contribution in [0.25, 0.3) is 0 Å². The second kappa shape index (κ2) is 6.15. The maximum Gasteiger partial charge on any atom is 0.145 e. The van der Waals surface area contributed by atoms with E-state index in [1.807, 2.05) is 43.3 Å². The van der Waals surface area contributed by atoms with Crippen LogP contribution in [0.4, 0.5) is 0 Å². The van der Waals surface area contributed by atoms with Crippen LogP contribution in [-0.2, 0) is 0 Å². The molecule has 0 aliphatic heterocycles.